The quantitative estimate of drug-likeness (QED) is 0.235. The molecule has 5 nitrogen and oxygen atoms in total. The van der Waals surface area contributed by atoms with Crippen LogP contribution in [0.25, 0.3) is 28.1 Å². The molecule has 1 aromatic heterocycles. The Morgan fingerprint density at radius 1 is 1.00 bits per heavy atom. The molecule has 3 aromatic carbocycles. The molecule has 146 valence electrons. The third kappa shape index (κ3) is 3.47. The molecule has 0 N–H and O–H groups in total. The summed E-state index contributed by atoms with van der Waals surface area (Å²) in [5, 5.41) is 23.1. The molecule has 0 aliphatic rings. The van der Waals surface area contributed by atoms with Gasteiger partial charge in [0.1, 0.15) is 0 Å². The number of nitro groups is 1. The molecule has 0 spiro atoms. The van der Waals surface area contributed by atoms with Gasteiger partial charge in [0.25, 0.3) is 5.69 Å². The predicted molar refractivity (Wildman–Crippen MR) is 119 cm³/mol. The zero-order valence-corrected chi connectivity index (χ0v) is 16.7. The molecule has 0 unspecified atom stereocenters. The highest BCUT2D eigenvalue weighted by molar-refractivity contribution is 5.94. The predicted octanol–water partition coefficient (Wildman–Crippen LogP) is 6.22. The average Bonchev–Trinajstić information content (AvgIpc) is 3.04. The molecule has 0 amide bonds. The van der Waals surface area contributed by atoms with Gasteiger partial charge in [-0.2, -0.15) is 5.26 Å². The number of hydrogen-bond donors (Lipinski definition) is 0. The van der Waals surface area contributed by atoms with E-state index in [0.29, 0.717) is 5.57 Å². The van der Waals surface area contributed by atoms with Crippen LogP contribution in [-0.4, -0.2) is 9.49 Å². The number of nitriles is 1. The summed E-state index contributed by atoms with van der Waals surface area (Å²) in [7, 11) is 0. The molecule has 0 saturated carbocycles. The third-order valence-electron chi connectivity index (χ3n) is 5.25. The fraction of sp³-hybridized carbons (Fsp3) is 0.0800. The number of allylic oxidation sites excluding steroid dienone is 1. The van der Waals surface area contributed by atoms with Crippen molar-refractivity contribution in [3.05, 3.63) is 105 Å². The second kappa shape index (κ2) is 7.69. The van der Waals surface area contributed by atoms with E-state index in [2.05, 4.69) is 6.07 Å². The van der Waals surface area contributed by atoms with Gasteiger partial charge in [-0.05, 0) is 60.0 Å². The Labute approximate surface area is 174 Å². The lowest BCUT2D eigenvalue weighted by Gasteiger charge is -2.09. The summed E-state index contributed by atoms with van der Waals surface area (Å²) in [5.74, 6) is 0. The standard InChI is InChI=1S/C25H19N3O2/c1-17-12-22(18(2)27(17)24-8-5-9-25(15-24)28(29)30)14-23(16-26)21-11-10-19-6-3-4-7-20(19)13-21/h3-15H,1-2H3/b23-14-. The summed E-state index contributed by atoms with van der Waals surface area (Å²) >= 11 is 0. The fourth-order valence-electron chi connectivity index (χ4n) is 3.77. The van der Waals surface area contributed by atoms with Gasteiger partial charge in [0.15, 0.2) is 0 Å². The topological polar surface area (TPSA) is 71.9 Å². The van der Waals surface area contributed by atoms with E-state index in [4.69, 9.17) is 0 Å². The summed E-state index contributed by atoms with van der Waals surface area (Å²) in [6, 6.07) is 24.9. The lowest BCUT2D eigenvalue weighted by atomic mass is 10.0. The Kier molecular flexibility index (Phi) is 4.91. The van der Waals surface area contributed by atoms with Crippen LogP contribution in [0.5, 0.6) is 0 Å². The van der Waals surface area contributed by atoms with Crippen molar-refractivity contribution in [1.29, 1.82) is 5.26 Å². The van der Waals surface area contributed by atoms with Crippen molar-refractivity contribution in [1.82, 2.24) is 4.57 Å². The zero-order valence-electron chi connectivity index (χ0n) is 16.7. The van der Waals surface area contributed by atoms with Crippen molar-refractivity contribution in [2.45, 2.75) is 13.8 Å². The van der Waals surface area contributed by atoms with Gasteiger partial charge in [0.2, 0.25) is 0 Å². The molecule has 5 heteroatoms. The molecule has 4 aromatic rings. The van der Waals surface area contributed by atoms with Gasteiger partial charge in [-0.1, -0.05) is 42.5 Å². The minimum atomic E-state index is -0.397. The van der Waals surface area contributed by atoms with Crippen LogP contribution in [0.1, 0.15) is 22.5 Å². The smallest absolute Gasteiger partial charge is 0.271 e. The highest BCUT2D eigenvalue weighted by Crippen LogP contribution is 2.28. The number of nitrogens with zero attached hydrogens (tertiary/aromatic N) is 3. The van der Waals surface area contributed by atoms with Gasteiger partial charge in [-0.3, -0.25) is 10.1 Å². The molecular weight excluding hydrogens is 374 g/mol. The normalized spacial score (nSPS) is 11.4. The molecule has 4 rings (SSSR count). The molecule has 0 aliphatic heterocycles. The van der Waals surface area contributed by atoms with E-state index in [0.717, 1.165) is 39.0 Å². The van der Waals surface area contributed by atoms with Crippen LogP contribution in [0, 0.1) is 35.3 Å². The molecule has 0 saturated heterocycles. The number of rotatable bonds is 4. The second-order valence-corrected chi connectivity index (χ2v) is 7.17. The summed E-state index contributed by atoms with van der Waals surface area (Å²) in [6.45, 7) is 3.90. The number of fused-ring (bicyclic) bond motifs is 1. The Balaban J connectivity index is 1.79. The first-order valence-electron chi connectivity index (χ1n) is 9.52. The first-order valence-corrected chi connectivity index (χ1v) is 9.52. The van der Waals surface area contributed by atoms with Crippen LogP contribution in [0.3, 0.4) is 0 Å². The SMILES string of the molecule is Cc1cc(/C=C(/C#N)c2ccc3ccccc3c2)c(C)n1-c1cccc([N+](=O)[O-])c1. The maximum atomic E-state index is 11.1. The Morgan fingerprint density at radius 2 is 1.77 bits per heavy atom. The van der Waals surface area contributed by atoms with Crippen molar-refractivity contribution in [3.63, 3.8) is 0 Å². The maximum Gasteiger partial charge on any atom is 0.271 e. The number of nitro benzene ring substituents is 1. The monoisotopic (exact) mass is 393 g/mol. The highest BCUT2D eigenvalue weighted by Gasteiger charge is 2.14. The number of aryl methyl sites for hydroxylation is 1. The Morgan fingerprint density at radius 3 is 2.50 bits per heavy atom. The molecule has 0 fully saturated rings. The van der Waals surface area contributed by atoms with Gasteiger partial charge >= 0.3 is 0 Å². The van der Waals surface area contributed by atoms with Crippen LogP contribution >= 0.6 is 0 Å². The summed E-state index contributed by atoms with van der Waals surface area (Å²) in [4.78, 5) is 10.7. The Bertz CT molecular complexity index is 1360. The number of aromatic nitrogens is 1. The highest BCUT2D eigenvalue weighted by atomic mass is 16.6. The van der Waals surface area contributed by atoms with Crippen molar-refractivity contribution in [3.8, 4) is 11.8 Å². The zero-order chi connectivity index (χ0) is 21.3. The first-order chi connectivity index (χ1) is 14.5. The van der Waals surface area contributed by atoms with E-state index in [1.54, 1.807) is 12.1 Å². The third-order valence-corrected chi connectivity index (χ3v) is 5.25. The molecule has 0 atom stereocenters. The van der Waals surface area contributed by atoms with Crippen LogP contribution in [0.15, 0.2) is 72.8 Å². The van der Waals surface area contributed by atoms with Crippen molar-refractivity contribution < 1.29 is 4.92 Å². The van der Waals surface area contributed by atoms with E-state index in [1.807, 2.05) is 79.1 Å². The lowest BCUT2D eigenvalue weighted by Crippen LogP contribution is -2.00. The summed E-state index contributed by atoms with van der Waals surface area (Å²) in [6.07, 6.45) is 1.88. The summed E-state index contributed by atoms with van der Waals surface area (Å²) in [5.41, 5.74) is 4.96. The van der Waals surface area contributed by atoms with E-state index in [-0.39, 0.29) is 5.69 Å². The van der Waals surface area contributed by atoms with Crippen molar-refractivity contribution in [2.24, 2.45) is 0 Å². The number of hydrogen-bond acceptors (Lipinski definition) is 3. The minimum Gasteiger partial charge on any atom is -0.318 e. The minimum absolute atomic E-state index is 0.0472. The lowest BCUT2D eigenvalue weighted by molar-refractivity contribution is -0.384. The maximum absolute atomic E-state index is 11.1. The van der Waals surface area contributed by atoms with Gasteiger partial charge in [-0.25, -0.2) is 0 Å². The molecule has 1 heterocycles. The van der Waals surface area contributed by atoms with E-state index >= 15 is 0 Å². The fourth-order valence-corrected chi connectivity index (χ4v) is 3.77. The second-order valence-electron chi connectivity index (χ2n) is 7.17. The molecule has 30 heavy (non-hydrogen) atoms. The number of non-ortho nitro benzene ring substituents is 1. The Hall–Kier alpha value is -4.17. The van der Waals surface area contributed by atoms with Crippen LogP contribution in [0.4, 0.5) is 5.69 Å². The summed E-state index contributed by atoms with van der Waals surface area (Å²) < 4.78 is 1.97. The average molecular weight is 393 g/mol. The van der Waals surface area contributed by atoms with Crippen molar-refractivity contribution in [2.75, 3.05) is 0 Å². The molecular formula is C25H19N3O2. The van der Waals surface area contributed by atoms with Crippen molar-refractivity contribution >= 4 is 28.1 Å². The van der Waals surface area contributed by atoms with Gasteiger partial charge < -0.3 is 4.57 Å². The van der Waals surface area contributed by atoms with E-state index in [9.17, 15) is 15.4 Å². The van der Waals surface area contributed by atoms with Gasteiger partial charge in [0.05, 0.1) is 22.3 Å². The van der Waals surface area contributed by atoms with Crippen LogP contribution in [-0.2, 0) is 0 Å². The van der Waals surface area contributed by atoms with Gasteiger partial charge in [-0.15, -0.1) is 0 Å². The number of benzene rings is 3. The first kappa shape index (κ1) is 19.2. The van der Waals surface area contributed by atoms with Crippen LogP contribution < -0.4 is 0 Å². The molecule has 0 radical (unpaired) electrons. The molecule has 0 aliphatic carbocycles. The largest absolute Gasteiger partial charge is 0.318 e. The van der Waals surface area contributed by atoms with E-state index in [1.165, 1.54) is 6.07 Å². The van der Waals surface area contributed by atoms with E-state index < -0.39 is 4.92 Å². The van der Waals surface area contributed by atoms with Crippen LogP contribution in [0.2, 0.25) is 0 Å². The molecule has 0 bridgehead atoms. The van der Waals surface area contributed by atoms with Gasteiger partial charge in [0, 0.05) is 23.5 Å².